The molecular formula is C23H38N4O5S. The van der Waals surface area contributed by atoms with E-state index in [-0.39, 0.29) is 16.7 Å². The molecule has 0 spiro atoms. The number of carbonyl (C=O) groups excluding carboxylic acids is 1. The lowest BCUT2D eigenvalue weighted by molar-refractivity contribution is -0.126. The number of hydrogen-bond donors (Lipinski definition) is 1. The fourth-order valence-corrected chi connectivity index (χ4v) is 5.96. The van der Waals surface area contributed by atoms with Gasteiger partial charge >= 0.3 is 0 Å². The number of carbonyl (C=O) groups is 1. The quantitative estimate of drug-likeness (QED) is 0.502. The molecule has 3 rings (SSSR count). The molecule has 1 aromatic rings. The number of sulfonamides is 1. The zero-order valence-electron chi connectivity index (χ0n) is 20.1. The first kappa shape index (κ1) is 25.7. The first-order chi connectivity index (χ1) is 15.9. The maximum Gasteiger partial charge on any atom is 0.243 e. The molecule has 0 radical (unpaired) electrons. The zero-order chi connectivity index (χ0) is 23.8. The predicted octanol–water partition coefficient (Wildman–Crippen LogP) is 1.25. The summed E-state index contributed by atoms with van der Waals surface area (Å²) in [4.78, 5) is 17.7. The Labute approximate surface area is 198 Å². The van der Waals surface area contributed by atoms with Crippen LogP contribution >= 0.6 is 0 Å². The molecule has 1 amide bonds. The molecule has 33 heavy (non-hydrogen) atoms. The van der Waals surface area contributed by atoms with Crippen LogP contribution in [0, 0.1) is 5.92 Å². The summed E-state index contributed by atoms with van der Waals surface area (Å²) >= 11 is 0. The summed E-state index contributed by atoms with van der Waals surface area (Å²) in [7, 11) is -0.665. The number of nitrogens with zero attached hydrogens (tertiary/aromatic N) is 3. The van der Waals surface area contributed by atoms with Gasteiger partial charge in [0.15, 0.2) is 11.5 Å². The van der Waals surface area contributed by atoms with Crippen LogP contribution in [0.2, 0.25) is 0 Å². The van der Waals surface area contributed by atoms with Gasteiger partial charge in [-0.1, -0.05) is 6.92 Å². The molecule has 1 aromatic carbocycles. The molecule has 10 heteroatoms. The molecule has 2 heterocycles. The van der Waals surface area contributed by atoms with Crippen molar-refractivity contribution < 1.29 is 22.7 Å². The van der Waals surface area contributed by atoms with E-state index in [0.717, 1.165) is 45.7 Å². The number of piperidine rings is 1. The van der Waals surface area contributed by atoms with Gasteiger partial charge in [0.1, 0.15) is 0 Å². The van der Waals surface area contributed by atoms with Gasteiger partial charge in [0.05, 0.1) is 19.1 Å². The molecule has 0 atom stereocenters. The van der Waals surface area contributed by atoms with E-state index >= 15 is 0 Å². The lowest BCUT2D eigenvalue weighted by atomic mass is 9.97. The van der Waals surface area contributed by atoms with Crippen molar-refractivity contribution in [2.24, 2.45) is 5.92 Å². The standard InChI is InChI=1S/C23H38N4O5S/c1-4-25-14-16-26(17-15-25)11-5-10-24-23(28)19-8-12-27(13-9-19)33(29,30)20-6-7-21(31-2)22(18-20)32-3/h6-7,18-19H,4-5,8-17H2,1-3H3,(H,24,28). The van der Waals surface area contributed by atoms with Crippen LogP contribution in [0.1, 0.15) is 26.2 Å². The van der Waals surface area contributed by atoms with E-state index < -0.39 is 10.0 Å². The third-order valence-corrected chi connectivity index (χ3v) is 8.57. The van der Waals surface area contributed by atoms with Crippen molar-refractivity contribution in [2.45, 2.75) is 31.1 Å². The van der Waals surface area contributed by atoms with Gasteiger partial charge in [0.2, 0.25) is 15.9 Å². The zero-order valence-corrected chi connectivity index (χ0v) is 20.9. The van der Waals surface area contributed by atoms with Crippen LogP contribution in [0.15, 0.2) is 23.1 Å². The largest absolute Gasteiger partial charge is 0.493 e. The van der Waals surface area contributed by atoms with Crippen molar-refractivity contribution in [1.29, 1.82) is 0 Å². The molecule has 2 saturated heterocycles. The van der Waals surface area contributed by atoms with E-state index in [1.54, 1.807) is 6.07 Å². The highest BCUT2D eigenvalue weighted by atomic mass is 32.2. The number of rotatable bonds is 10. The summed E-state index contributed by atoms with van der Waals surface area (Å²) in [5, 5.41) is 3.05. The van der Waals surface area contributed by atoms with Crippen LogP contribution in [0.25, 0.3) is 0 Å². The number of methoxy groups -OCH3 is 2. The van der Waals surface area contributed by atoms with Crippen molar-refractivity contribution in [3.8, 4) is 11.5 Å². The molecule has 0 aromatic heterocycles. The average molecular weight is 483 g/mol. The normalized spacial score (nSPS) is 19.4. The van der Waals surface area contributed by atoms with Gasteiger partial charge in [-0.25, -0.2) is 8.42 Å². The summed E-state index contributed by atoms with van der Waals surface area (Å²) in [6, 6.07) is 4.60. The lowest BCUT2D eigenvalue weighted by Crippen LogP contribution is -2.47. The summed E-state index contributed by atoms with van der Waals surface area (Å²) in [5.41, 5.74) is 0. The van der Waals surface area contributed by atoms with E-state index in [1.165, 1.54) is 30.7 Å². The summed E-state index contributed by atoms with van der Waals surface area (Å²) in [5.74, 6) is 0.749. The van der Waals surface area contributed by atoms with E-state index in [0.29, 0.717) is 44.0 Å². The third-order valence-electron chi connectivity index (χ3n) is 6.68. The molecule has 2 aliphatic heterocycles. The Morgan fingerprint density at radius 3 is 2.24 bits per heavy atom. The molecule has 0 aliphatic carbocycles. The van der Waals surface area contributed by atoms with Crippen LogP contribution in [-0.4, -0.2) is 102 Å². The minimum absolute atomic E-state index is 0.0361. The Balaban J connectivity index is 1.42. The second kappa shape index (κ2) is 12.0. The molecule has 2 fully saturated rings. The van der Waals surface area contributed by atoms with Crippen molar-refractivity contribution in [3.05, 3.63) is 18.2 Å². The number of nitrogens with one attached hydrogen (secondary N) is 1. The molecule has 9 nitrogen and oxygen atoms in total. The van der Waals surface area contributed by atoms with Crippen molar-refractivity contribution >= 4 is 15.9 Å². The van der Waals surface area contributed by atoms with Crippen LogP contribution < -0.4 is 14.8 Å². The minimum Gasteiger partial charge on any atom is -0.493 e. The number of piperazine rings is 1. The van der Waals surface area contributed by atoms with Gasteiger partial charge < -0.3 is 24.6 Å². The number of benzene rings is 1. The van der Waals surface area contributed by atoms with Crippen LogP contribution in [0.5, 0.6) is 11.5 Å². The van der Waals surface area contributed by atoms with Gasteiger partial charge in [0.25, 0.3) is 0 Å². The highest BCUT2D eigenvalue weighted by molar-refractivity contribution is 7.89. The first-order valence-corrected chi connectivity index (χ1v) is 13.3. The number of likely N-dealkylation sites (N-methyl/N-ethyl adjacent to an activating group) is 1. The SMILES string of the molecule is CCN1CCN(CCCNC(=O)C2CCN(S(=O)(=O)c3ccc(OC)c(OC)c3)CC2)CC1. The van der Waals surface area contributed by atoms with E-state index in [4.69, 9.17) is 9.47 Å². The molecule has 2 aliphatic rings. The molecule has 1 N–H and O–H groups in total. The van der Waals surface area contributed by atoms with Gasteiger partial charge in [-0.3, -0.25) is 4.79 Å². The van der Waals surface area contributed by atoms with Gasteiger partial charge in [-0.2, -0.15) is 4.31 Å². The molecule has 0 unspecified atom stereocenters. The maximum atomic E-state index is 13.1. The first-order valence-electron chi connectivity index (χ1n) is 11.8. The third kappa shape index (κ3) is 6.59. The van der Waals surface area contributed by atoms with Crippen LogP contribution in [0.4, 0.5) is 0 Å². The molecular weight excluding hydrogens is 444 g/mol. The van der Waals surface area contributed by atoms with E-state index in [2.05, 4.69) is 22.0 Å². The fourth-order valence-electron chi connectivity index (χ4n) is 4.47. The predicted molar refractivity (Wildman–Crippen MR) is 127 cm³/mol. The van der Waals surface area contributed by atoms with Gasteiger partial charge in [-0.15, -0.1) is 0 Å². The highest BCUT2D eigenvalue weighted by Crippen LogP contribution is 2.32. The van der Waals surface area contributed by atoms with Crippen molar-refractivity contribution in [1.82, 2.24) is 19.4 Å². The highest BCUT2D eigenvalue weighted by Gasteiger charge is 2.32. The van der Waals surface area contributed by atoms with E-state index in [9.17, 15) is 13.2 Å². The van der Waals surface area contributed by atoms with Crippen molar-refractivity contribution in [3.63, 3.8) is 0 Å². The Hall–Kier alpha value is -1.88. The van der Waals surface area contributed by atoms with Crippen LogP contribution in [0.3, 0.4) is 0 Å². The summed E-state index contributed by atoms with van der Waals surface area (Å²) in [6.07, 6.45) is 1.99. The topological polar surface area (TPSA) is 91.4 Å². The Morgan fingerprint density at radius 2 is 1.64 bits per heavy atom. The van der Waals surface area contributed by atoms with Crippen molar-refractivity contribution in [2.75, 3.05) is 73.1 Å². The maximum absolute atomic E-state index is 13.1. The minimum atomic E-state index is -3.65. The summed E-state index contributed by atoms with van der Waals surface area (Å²) < 4.78 is 38.0. The van der Waals surface area contributed by atoms with Gasteiger partial charge in [0, 0.05) is 57.8 Å². The number of ether oxygens (including phenoxy) is 2. The van der Waals surface area contributed by atoms with Crippen LogP contribution in [-0.2, 0) is 14.8 Å². The lowest BCUT2D eigenvalue weighted by Gasteiger charge is -2.34. The molecule has 0 bridgehead atoms. The average Bonchev–Trinajstić information content (AvgIpc) is 2.86. The Bertz CT molecular complexity index is 879. The number of hydrogen-bond acceptors (Lipinski definition) is 7. The second-order valence-corrected chi connectivity index (χ2v) is 10.6. The Morgan fingerprint density at radius 1 is 1.00 bits per heavy atom. The fraction of sp³-hybridized carbons (Fsp3) is 0.696. The Kier molecular flexibility index (Phi) is 9.37. The molecule has 186 valence electrons. The van der Waals surface area contributed by atoms with Gasteiger partial charge in [-0.05, 0) is 44.5 Å². The second-order valence-electron chi connectivity index (χ2n) is 8.62. The molecule has 0 saturated carbocycles. The van der Waals surface area contributed by atoms with E-state index in [1.807, 2.05) is 0 Å². The monoisotopic (exact) mass is 482 g/mol. The summed E-state index contributed by atoms with van der Waals surface area (Å²) in [6.45, 7) is 10.0. The number of amides is 1. The smallest absolute Gasteiger partial charge is 0.243 e.